The fourth-order valence-electron chi connectivity index (χ4n) is 9.57. The van der Waals surface area contributed by atoms with Crippen LogP contribution in [0.1, 0.15) is 99.4 Å². The van der Waals surface area contributed by atoms with Crippen LogP contribution in [-0.4, -0.2) is 179 Å². The number of hydrogen-bond acceptors (Lipinski definition) is 16. The Morgan fingerprint density at radius 1 is 0.463 bits per heavy atom. The molecule has 37 heteroatoms. The molecule has 37 nitrogen and oxygen atoms in total. The molecular weight excluding hydrogens is 1230 g/mol. The van der Waals surface area contributed by atoms with E-state index < -0.39 is 65.7 Å². The second-order valence-corrected chi connectivity index (χ2v) is 21.6. The summed E-state index contributed by atoms with van der Waals surface area (Å²) in [5.74, 6) is -4.15. The Balaban J connectivity index is 0.000000742. The number of tetrazole rings is 1. The van der Waals surface area contributed by atoms with Gasteiger partial charge in [-0.05, 0) is 124 Å². The van der Waals surface area contributed by atoms with Crippen molar-refractivity contribution in [2.45, 2.75) is 120 Å². The fraction of sp³-hybridized carbons (Fsp3) is 0.448. The first-order chi connectivity index (χ1) is 45.4. The highest BCUT2D eigenvalue weighted by Crippen LogP contribution is 2.32. The van der Waals surface area contributed by atoms with Crippen LogP contribution < -0.4 is 106 Å². The van der Waals surface area contributed by atoms with E-state index in [4.69, 9.17) is 74.5 Å². The number of H-pyrrole nitrogens is 1. The Morgan fingerprint density at radius 3 is 1.32 bits per heavy atom. The maximum Gasteiger partial charge on any atom is 0.251 e. The quantitative estimate of drug-likeness (QED) is 0.00995. The van der Waals surface area contributed by atoms with Crippen LogP contribution in [0.4, 0.5) is 0 Å². The SMILES string of the molecule is CNC(=O)[C@H](CCCN=C(N)N)NC(=O)[C@H](CCCN=C(N)N)NC(=O)[C@H](CCCN=C(N)N)NC(=O)[C@H](CCCN=C(N)N)NC(=O)c1ccc(Cn2c3ccccc3c3cc(-c4nn[nH]n4)ccc32)cc1.NC(=O)[C@H](CCCN=C(N)N)NC(=O)CCCCN=C(N)N. The minimum Gasteiger partial charge on any atom is -0.370 e. The number of nitrogens with zero attached hydrogens (tertiary/aromatic N) is 10. The number of aromatic amines is 1. The summed E-state index contributed by atoms with van der Waals surface area (Å²) in [6.45, 7) is 1.88. The van der Waals surface area contributed by atoms with Gasteiger partial charge in [-0.2, -0.15) is 5.21 Å². The van der Waals surface area contributed by atoms with Crippen LogP contribution >= 0.6 is 0 Å². The van der Waals surface area contributed by atoms with Crippen LogP contribution in [0, 0.1) is 0 Å². The predicted octanol–water partition coefficient (Wildman–Crippen LogP) is -5.01. The van der Waals surface area contributed by atoms with Gasteiger partial charge in [-0.3, -0.25) is 63.5 Å². The number of aromatic nitrogens is 5. The summed E-state index contributed by atoms with van der Waals surface area (Å²) in [6.07, 6.45) is 3.81. The molecule has 0 aliphatic heterocycles. The second kappa shape index (κ2) is 40.3. The summed E-state index contributed by atoms with van der Waals surface area (Å²) in [5.41, 5.74) is 74.1. The first-order valence-corrected chi connectivity index (χ1v) is 30.6. The molecule has 0 aliphatic rings. The lowest BCUT2D eigenvalue weighted by Crippen LogP contribution is -2.58. The molecule has 0 aliphatic carbocycles. The number of nitrogens with two attached hydrogens (primary N) is 13. The summed E-state index contributed by atoms with van der Waals surface area (Å²) in [4.78, 5) is 116. The highest BCUT2D eigenvalue weighted by molar-refractivity contribution is 6.09. The first-order valence-electron chi connectivity index (χ1n) is 30.6. The lowest BCUT2D eigenvalue weighted by Gasteiger charge is -2.26. The van der Waals surface area contributed by atoms with E-state index in [9.17, 15) is 33.6 Å². The molecule has 5 atom stereocenters. The number of hydrogen-bond donors (Lipinski definition) is 20. The van der Waals surface area contributed by atoms with E-state index >= 15 is 0 Å². The molecule has 5 aromatic rings. The maximum absolute atomic E-state index is 14.3. The smallest absolute Gasteiger partial charge is 0.251 e. The number of para-hydroxylation sites is 1. The minimum absolute atomic E-state index is 0.00438. The van der Waals surface area contributed by atoms with E-state index in [1.807, 2.05) is 48.5 Å². The van der Waals surface area contributed by atoms with Crippen molar-refractivity contribution in [3.63, 3.8) is 0 Å². The predicted molar refractivity (Wildman–Crippen MR) is 364 cm³/mol. The van der Waals surface area contributed by atoms with Gasteiger partial charge in [0.25, 0.3) is 5.91 Å². The number of guanidine groups is 6. The summed E-state index contributed by atoms with van der Waals surface area (Å²) in [7, 11) is 1.42. The molecule has 2 aromatic heterocycles. The molecular formula is C58H92N30O7. The molecule has 2 heterocycles. The molecule has 95 heavy (non-hydrogen) atoms. The van der Waals surface area contributed by atoms with Gasteiger partial charge in [-0.25, -0.2) is 0 Å². The van der Waals surface area contributed by atoms with Crippen LogP contribution in [0.2, 0.25) is 0 Å². The lowest BCUT2D eigenvalue weighted by atomic mass is 10.0. The number of benzene rings is 3. The number of primary amides is 1. The zero-order chi connectivity index (χ0) is 69.8. The highest BCUT2D eigenvalue weighted by Gasteiger charge is 2.32. The Morgan fingerprint density at radius 2 is 0.884 bits per heavy atom. The molecule has 0 unspecified atom stereocenters. The van der Waals surface area contributed by atoms with Crippen molar-refractivity contribution in [2.75, 3.05) is 46.3 Å². The van der Waals surface area contributed by atoms with E-state index in [0.29, 0.717) is 57.6 Å². The molecule has 0 saturated heterocycles. The van der Waals surface area contributed by atoms with Gasteiger partial charge in [0.15, 0.2) is 35.8 Å². The van der Waals surface area contributed by atoms with E-state index in [-0.39, 0.29) is 125 Å². The molecule has 0 bridgehead atoms. The number of rotatable bonds is 39. The normalized spacial score (nSPS) is 12.3. The van der Waals surface area contributed by atoms with E-state index in [1.54, 1.807) is 12.1 Å². The molecule has 0 saturated carbocycles. The van der Waals surface area contributed by atoms with Crippen LogP contribution in [-0.2, 0) is 35.3 Å². The van der Waals surface area contributed by atoms with Crippen molar-refractivity contribution in [1.82, 2.24) is 57.1 Å². The Hall–Kier alpha value is -11.6. The molecule has 7 amide bonds. The molecule has 0 spiro atoms. The van der Waals surface area contributed by atoms with Gasteiger partial charge in [0.05, 0.1) is 0 Å². The van der Waals surface area contributed by atoms with Crippen molar-refractivity contribution in [2.24, 2.45) is 104 Å². The average Bonchev–Trinajstić information content (AvgIpc) is 1.61. The number of carbonyl (C=O) groups is 7. The molecule has 516 valence electrons. The van der Waals surface area contributed by atoms with Crippen LogP contribution in [0.25, 0.3) is 33.2 Å². The van der Waals surface area contributed by atoms with Crippen molar-refractivity contribution >= 4 is 98.9 Å². The Bertz CT molecular complexity index is 3490. The number of amides is 7. The zero-order valence-corrected chi connectivity index (χ0v) is 53.2. The van der Waals surface area contributed by atoms with Gasteiger partial charge in [0.2, 0.25) is 41.3 Å². The highest BCUT2D eigenvalue weighted by atomic mass is 16.2. The number of unbranched alkanes of at least 4 members (excludes halogenated alkanes) is 1. The fourth-order valence-corrected chi connectivity index (χ4v) is 9.57. The van der Waals surface area contributed by atoms with Gasteiger partial charge < -0.3 is 111 Å². The second-order valence-electron chi connectivity index (χ2n) is 21.6. The molecule has 3 aromatic carbocycles. The lowest BCUT2D eigenvalue weighted by molar-refractivity contribution is -0.134. The van der Waals surface area contributed by atoms with Crippen molar-refractivity contribution in [3.05, 3.63) is 77.9 Å². The van der Waals surface area contributed by atoms with E-state index in [1.165, 1.54) is 7.05 Å². The third-order valence-electron chi connectivity index (χ3n) is 14.2. The standard InChI is InChI=1S/C46H66N22O5.C12H26N8O2/c1-55-39(70)31(9-4-20-56-43(47)48)61-41(72)33(11-6-22-58-45(51)52)63-42(73)34(12-7-23-59-46(53)54)62-40(71)32(10-5-21-57-44(49)50)60-38(69)27-16-14-26(15-17-27)25-68-35-13-3-2-8-29(35)30-24-28(18-19-36(30)68)37-64-66-67-65-37;13-10(22)8(4-3-7-19-12(16)17)20-9(21)5-1-2-6-18-11(14)15/h2-3,8,13-19,24,31-34H,4-7,9-12,20-23,25H2,1H3,(H,55,70)(H,60,69)(H,61,72)(H,62,71)(H,63,73)(H4,47,48,56)(H4,49,50,57)(H4,51,52,58)(H4,53,54,59)(H,64,65,66,67);8H,1-7H2,(H2,13,22)(H,20,21)(H4,14,15,18)(H4,16,17,19)/t31-,32-,33-,34-;8-/m00/s1. The van der Waals surface area contributed by atoms with Gasteiger partial charge in [0.1, 0.15) is 30.2 Å². The number of nitrogens with one attached hydrogen (secondary N) is 7. The van der Waals surface area contributed by atoms with Crippen molar-refractivity contribution in [1.29, 1.82) is 0 Å². The van der Waals surface area contributed by atoms with Gasteiger partial charge in [0, 0.05) is 92.2 Å². The first kappa shape index (κ1) is 75.9. The maximum atomic E-state index is 14.3. The third kappa shape index (κ3) is 27.8. The van der Waals surface area contributed by atoms with Crippen LogP contribution in [0.3, 0.4) is 0 Å². The van der Waals surface area contributed by atoms with E-state index in [0.717, 1.165) is 32.9 Å². The summed E-state index contributed by atoms with van der Waals surface area (Å²) in [5, 5.41) is 32.6. The van der Waals surface area contributed by atoms with Crippen molar-refractivity contribution < 1.29 is 33.6 Å². The molecule has 33 N–H and O–H groups in total. The number of carbonyl (C=O) groups excluding carboxylic acids is 7. The Labute approximate surface area is 548 Å². The zero-order valence-electron chi connectivity index (χ0n) is 53.2. The number of aliphatic imine (C=N–C) groups is 6. The monoisotopic (exact) mass is 1320 g/mol. The minimum atomic E-state index is -1.27. The third-order valence-corrected chi connectivity index (χ3v) is 14.2. The Kier molecular flexibility index (Phi) is 32.2. The van der Waals surface area contributed by atoms with E-state index in [2.05, 4.69) is 93.1 Å². The van der Waals surface area contributed by atoms with Gasteiger partial charge in [-0.15, -0.1) is 10.2 Å². The van der Waals surface area contributed by atoms with Crippen LogP contribution in [0.5, 0.6) is 0 Å². The summed E-state index contributed by atoms with van der Waals surface area (Å²) in [6, 6.07) is 15.6. The number of fused-ring (bicyclic) bond motifs is 3. The largest absolute Gasteiger partial charge is 0.370 e. The summed E-state index contributed by atoms with van der Waals surface area (Å²) >= 11 is 0. The summed E-state index contributed by atoms with van der Waals surface area (Å²) < 4.78 is 2.18. The van der Waals surface area contributed by atoms with Crippen LogP contribution in [0.15, 0.2) is 96.7 Å². The van der Waals surface area contributed by atoms with Gasteiger partial charge in [-0.1, -0.05) is 30.3 Å². The molecule has 0 fully saturated rings. The number of likely N-dealkylation sites (N-methyl/N-ethyl adjacent to an activating group) is 1. The topological polar surface area (TPSA) is 663 Å². The van der Waals surface area contributed by atoms with Crippen molar-refractivity contribution in [3.8, 4) is 11.4 Å². The molecule has 0 radical (unpaired) electrons. The molecule has 5 rings (SSSR count). The van der Waals surface area contributed by atoms with Gasteiger partial charge >= 0.3 is 0 Å². The average molecular weight is 1320 g/mol.